The molecular weight excluding hydrogens is 241 g/mol. The molecule has 4 heteroatoms. The third-order valence-corrected chi connectivity index (χ3v) is 6.29. The highest BCUT2D eigenvalue weighted by Gasteiger charge is 2.51. The van der Waals surface area contributed by atoms with Gasteiger partial charge >= 0.3 is 0 Å². The van der Waals surface area contributed by atoms with Crippen molar-refractivity contribution in [3.05, 3.63) is 0 Å². The van der Waals surface area contributed by atoms with Gasteiger partial charge in [0.05, 0.1) is 6.61 Å². The third kappa shape index (κ3) is 2.14. The molecule has 0 heterocycles. The van der Waals surface area contributed by atoms with Crippen molar-refractivity contribution in [2.75, 3.05) is 6.61 Å². The molecule has 16 heavy (non-hydrogen) atoms. The maximum Gasteiger partial charge on any atom is 0.204 e. The summed E-state index contributed by atoms with van der Waals surface area (Å²) in [6.07, 6.45) is 8.48. The Kier molecular flexibility index (Phi) is 3.21. The molecule has 4 saturated carbocycles. The van der Waals surface area contributed by atoms with Crippen molar-refractivity contribution >= 4 is 18.9 Å². The molecule has 4 fully saturated rings. The summed E-state index contributed by atoms with van der Waals surface area (Å²) in [5.41, 5.74) is 0.345. The van der Waals surface area contributed by atoms with E-state index in [1.807, 2.05) is 6.92 Å². The molecule has 0 spiro atoms. The Morgan fingerprint density at radius 3 is 2.12 bits per heavy atom. The second-order valence-corrected chi connectivity index (χ2v) is 7.86. The Morgan fingerprint density at radius 1 is 1.19 bits per heavy atom. The number of hydrogen-bond donors (Lipinski definition) is 1. The fraction of sp³-hybridized carbons (Fsp3) is 1.00. The van der Waals surface area contributed by atoms with Crippen molar-refractivity contribution in [3.63, 3.8) is 0 Å². The van der Waals surface area contributed by atoms with Crippen LogP contribution in [-0.2, 0) is 4.52 Å². The summed E-state index contributed by atoms with van der Waals surface area (Å²) in [6.45, 7) is 2.73. The van der Waals surface area contributed by atoms with Crippen molar-refractivity contribution in [1.29, 1.82) is 0 Å². The summed E-state index contributed by atoms with van der Waals surface area (Å²) < 4.78 is 5.50. The van der Waals surface area contributed by atoms with Crippen LogP contribution in [0, 0.1) is 17.8 Å². The summed E-state index contributed by atoms with van der Waals surface area (Å²) in [6, 6.07) is 0. The van der Waals surface area contributed by atoms with Crippen molar-refractivity contribution < 1.29 is 4.52 Å². The maximum atomic E-state index is 6.25. The van der Waals surface area contributed by atoms with E-state index in [1.165, 1.54) is 38.5 Å². The Morgan fingerprint density at radius 2 is 1.69 bits per heavy atom. The van der Waals surface area contributed by atoms with Crippen molar-refractivity contribution in [1.82, 2.24) is 5.09 Å². The zero-order chi connectivity index (χ0) is 11.2. The standard InChI is InChI=1S/C12H21ClNOP/c1-2-15-16(13)14-12-6-9-3-10(7-12)5-11(4-9)8-12/h9-11,14H,2-8H2,1H3. The van der Waals surface area contributed by atoms with Crippen LogP contribution < -0.4 is 5.09 Å². The van der Waals surface area contributed by atoms with Gasteiger partial charge in [-0.05, 0) is 74.4 Å². The zero-order valence-corrected chi connectivity index (χ0v) is 11.6. The molecule has 2 nitrogen and oxygen atoms in total. The third-order valence-electron chi connectivity index (χ3n) is 4.61. The Hall–Kier alpha value is 0.640. The summed E-state index contributed by atoms with van der Waals surface area (Å²) in [5.74, 6) is 2.92. The van der Waals surface area contributed by atoms with Gasteiger partial charge in [0.1, 0.15) is 0 Å². The first-order chi connectivity index (χ1) is 7.69. The minimum absolute atomic E-state index is 0.345. The van der Waals surface area contributed by atoms with Crippen molar-refractivity contribution in [3.8, 4) is 0 Å². The largest absolute Gasteiger partial charge is 0.332 e. The lowest BCUT2D eigenvalue weighted by Crippen LogP contribution is -2.56. The minimum atomic E-state index is -0.919. The summed E-state index contributed by atoms with van der Waals surface area (Å²) in [7, 11) is -0.919. The molecule has 1 atom stereocenters. The summed E-state index contributed by atoms with van der Waals surface area (Å²) in [4.78, 5) is 0. The first kappa shape index (κ1) is 11.7. The van der Waals surface area contributed by atoms with E-state index in [9.17, 15) is 0 Å². The maximum absolute atomic E-state index is 6.25. The summed E-state index contributed by atoms with van der Waals surface area (Å²) >= 11 is 6.25. The topological polar surface area (TPSA) is 21.3 Å². The van der Waals surface area contributed by atoms with Gasteiger partial charge in [-0.3, -0.25) is 5.09 Å². The van der Waals surface area contributed by atoms with Gasteiger partial charge in [-0.25, -0.2) is 0 Å². The molecule has 1 unspecified atom stereocenters. The van der Waals surface area contributed by atoms with Gasteiger partial charge in [0.2, 0.25) is 7.65 Å². The molecule has 0 amide bonds. The molecule has 0 aromatic carbocycles. The highest BCUT2D eigenvalue weighted by atomic mass is 35.7. The molecule has 0 aromatic rings. The van der Waals surface area contributed by atoms with Gasteiger partial charge in [0.25, 0.3) is 0 Å². The summed E-state index contributed by atoms with van der Waals surface area (Å²) in [5, 5.41) is 3.63. The highest BCUT2D eigenvalue weighted by Crippen LogP contribution is 2.58. The Bertz CT molecular complexity index is 238. The van der Waals surface area contributed by atoms with E-state index in [0.717, 1.165) is 17.8 Å². The first-order valence-electron chi connectivity index (χ1n) is 6.56. The van der Waals surface area contributed by atoms with Gasteiger partial charge in [-0.15, -0.1) is 0 Å². The molecule has 4 rings (SSSR count). The second-order valence-electron chi connectivity index (χ2n) is 5.97. The van der Waals surface area contributed by atoms with E-state index in [-0.39, 0.29) is 0 Å². The van der Waals surface area contributed by atoms with E-state index in [2.05, 4.69) is 5.09 Å². The SMILES string of the molecule is CCOP(Cl)NC12CC3CC(CC(C3)C1)C2. The van der Waals surface area contributed by atoms with E-state index in [4.69, 9.17) is 15.8 Å². The van der Waals surface area contributed by atoms with Crippen LogP contribution in [0.3, 0.4) is 0 Å². The normalized spacial score (nSPS) is 47.2. The highest BCUT2D eigenvalue weighted by molar-refractivity contribution is 7.78. The van der Waals surface area contributed by atoms with Gasteiger partial charge in [-0.1, -0.05) is 0 Å². The van der Waals surface area contributed by atoms with Crippen LogP contribution in [-0.4, -0.2) is 12.1 Å². The first-order valence-corrected chi connectivity index (χ1v) is 8.72. The molecule has 0 radical (unpaired) electrons. The number of halogens is 1. The molecule has 92 valence electrons. The lowest BCUT2D eigenvalue weighted by atomic mass is 9.53. The Labute approximate surface area is 104 Å². The van der Waals surface area contributed by atoms with Crippen LogP contribution in [0.25, 0.3) is 0 Å². The van der Waals surface area contributed by atoms with E-state index in [0.29, 0.717) is 12.1 Å². The van der Waals surface area contributed by atoms with E-state index < -0.39 is 7.65 Å². The smallest absolute Gasteiger partial charge is 0.204 e. The molecular formula is C12H21ClNOP. The molecule has 1 N–H and O–H groups in total. The minimum Gasteiger partial charge on any atom is -0.332 e. The number of hydrogen-bond acceptors (Lipinski definition) is 2. The lowest BCUT2D eigenvalue weighted by molar-refractivity contribution is -0.00861. The van der Waals surface area contributed by atoms with Crippen molar-refractivity contribution in [2.24, 2.45) is 17.8 Å². The van der Waals surface area contributed by atoms with Gasteiger partial charge < -0.3 is 4.52 Å². The van der Waals surface area contributed by atoms with Crippen LogP contribution in [0.2, 0.25) is 0 Å². The molecule has 4 bridgehead atoms. The molecule has 0 aromatic heterocycles. The number of nitrogens with one attached hydrogen (secondary N) is 1. The fourth-order valence-electron chi connectivity index (χ4n) is 4.58. The van der Waals surface area contributed by atoms with E-state index in [1.54, 1.807) is 0 Å². The second kappa shape index (κ2) is 4.39. The van der Waals surface area contributed by atoms with Gasteiger partial charge in [-0.2, -0.15) is 0 Å². The van der Waals surface area contributed by atoms with Crippen LogP contribution >= 0.6 is 18.9 Å². The average molecular weight is 262 g/mol. The van der Waals surface area contributed by atoms with Crippen LogP contribution in [0.1, 0.15) is 45.4 Å². The molecule has 4 aliphatic rings. The zero-order valence-electron chi connectivity index (χ0n) is 9.92. The predicted molar refractivity (Wildman–Crippen MR) is 68.4 cm³/mol. The average Bonchev–Trinajstić information content (AvgIpc) is 2.13. The van der Waals surface area contributed by atoms with Crippen LogP contribution in [0.5, 0.6) is 0 Å². The van der Waals surface area contributed by atoms with Crippen LogP contribution in [0.15, 0.2) is 0 Å². The Balaban J connectivity index is 1.68. The molecule has 0 saturated heterocycles. The fourth-order valence-corrected chi connectivity index (χ4v) is 6.35. The molecule has 0 aliphatic heterocycles. The quantitative estimate of drug-likeness (QED) is 0.771. The number of rotatable bonds is 4. The van der Waals surface area contributed by atoms with Gasteiger partial charge in [0.15, 0.2) is 0 Å². The lowest BCUT2D eigenvalue weighted by Gasteiger charge is -2.57. The van der Waals surface area contributed by atoms with Crippen molar-refractivity contribution in [2.45, 2.75) is 51.0 Å². The molecule has 4 aliphatic carbocycles. The van der Waals surface area contributed by atoms with Crippen LogP contribution in [0.4, 0.5) is 0 Å². The van der Waals surface area contributed by atoms with E-state index >= 15 is 0 Å². The monoisotopic (exact) mass is 261 g/mol. The predicted octanol–water partition coefficient (Wildman–Crippen LogP) is 4.05. The van der Waals surface area contributed by atoms with Gasteiger partial charge in [0, 0.05) is 5.54 Å².